The topological polar surface area (TPSA) is 30.2 Å². The van der Waals surface area contributed by atoms with Gasteiger partial charge < -0.3 is 4.74 Å². The van der Waals surface area contributed by atoms with E-state index < -0.39 is 3.98 Å². The van der Waals surface area contributed by atoms with E-state index in [4.69, 9.17) is 39.5 Å². The van der Waals surface area contributed by atoms with Crippen LogP contribution in [0.2, 0.25) is 0 Å². The van der Waals surface area contributed by atoms with Gasteiger partial charge in [0.05, 0.1) is 6.07 Å². The summed E-state index contributed by atoms with van der Waals surface area (Å²) in [7, 11) is 0. The van der Waals surface area contributed by atoms with Gasteiger partial charge in [0.25, 0.3) is 0 Å². The van der Waals surface area contributed by atoms with Crippen LogP contribution in [0.5, 0.6) is 5.88 Å². The highest BCUT2D eigenvalue weighted by atomic mass is 35.6. The molecule has 0 aliphatic rings. The standard InChI is InChI=1S/C18H13Cl3NO2/c19-18(20,21)24-17-11-10-13-6-4-5-9-15(13)22(17)12-16(23)14-7-2-1-3-8-14/h1-11H,12H2/q+1. The van der Waals surface area contributed by atoms with Crippen LogP contribution in [0.3, 0.4) is 0 Å². The lowest BCUT2D eigenvalue weighted by Crippen LogP contribution is -2.41. The molecular formula is C18H13Cl3NO2+. The molecule has 6 heteroatoms. The number of fused-ring (bicyclic) bond motifs is 1. The summed E-state index contributed by atoms with van der Waals surface area (Å²) in [5.74, 6) is 0.240. The molecule has 0 saturated carbocycles. The highest BCUT2D eigenvalue weighted by Crippen LogP contribution is 2.29. The molecule has 24 heavy (non-hydrogen) atoms. The second kappa shape index (κ2) is 6.98. The third-order valence-electron chi connectivity index (χ3n) is 3.52. The maximum Gasteiger partial charge on any atom is 0.372 e. The van der Waals surface area contributed by atoms with Crippen LogP contribution in [0.15, 0.2) is 66.7 Å². The molecule has 1 heterocycles. The minimum atomic E-state index is -1.92. The van der Waals surface area contributed by atoms with Gasteiger partial charge in [-0.1, -0.05) is 42.5 Å². The van der Waals surface area contributed by atoms with Crippen LogP contribution < -0.4 is 9.30 Å². The van der Waals surface area contributed by atoms with Crippen LogP contribution in [0.25, 0.3) is 10.9 Å². The van der Waals surface area contributed by atoms with E-state index in [-0.39, 0.29) is 12.3 Å². The van der Waals surface area contributed by atoms with Gasteiger partial charge in [0, 0.05) is 17.0 Å². The Morgan fingerprint density at radius 1 is 0.917 bits per heavy atom. The van der Waals surface area contributed by atoms with Gasteiger partial charge in [0.2, 0.25) is 17.8 Å². The van der Waals surface area contributed by atoms with Crippen LogP contribution in [0.1, 0.15) is 10.4 Å². The number of benzene rings is 2. The molecule has 2 aromatic carbocycles. The zero-order chi connectivity index (χ0) is 17.2. The van der Waals surface area contributed by atoms with Gasteiger partial charge in [0.1, 0.15) is 0 Å². The number of para-hydroxylation sites is 1. The Bertz CT molecular complexity index is 876. The number of Topliss-reactive ketones (excluding diaryl/α,β-unsaturated/α-hetero) is 1. The third-order valence-corrected chi connectivity index (χ3v) is 3.75. The Hall–Kier alpha value is -1.81. The van der Waals surface area contributed by atoms with E-state index in [2.05, 4.69) is 0 Å². The van der Waals surface area contributed by atoms with E-state index in [1.807, 2.05) is 48.5 Å². The summed E-state index contributed by atoms with van der Waals surface area (Å²) in [5.41, 5.74) is 1.42. The number of hydrogen-bond donors (Lipinski definition) is 0. The quantitative estimate of drug-likeness (QED) is 0.372. The summed E-state index contributed by atoms with van der Waals surface area (Å²) < 4.78 is 5.17. The molecule has 0 aliphatic carbocycles. The number of pyridine rings is 1. The fourth-order valence-corrected chi connectivity index (χ4v) is 2.71. The maximum atomic E-state index is 12.6. The first-order chi connectivity index (χ1) is 11.4. The zero-order valence-corrected chi connectivity index (χ0v) is 14.7. The van der Waals surface area contributed by atoms with Crippen LogP contribution >= 0.6 is 34.8 Å². The minimum Gasteiger partial charge on any atom is -0.393 e. The second-order valence-electron chi connectivity index (χ2n) is 5.15. The normalized spacial score (nSPS) is 11.5. The molecule has 3 aromatic rings. The molecule has 0 N–H and O–H groups in total. The maximum absolute atomic E-state index is 12.6. The Morgan fingerprint density at radius 3 is 2.29 bits per heavy atom. The first-order valence-corrected chi connectivity index (χ1v) is 8.33. The Morgan fingerprint density at radius 2 is 1.58 bits per heavy atom. The van der Waals surface area contributed by atoms with Gasteiger partial charge in [-0.2, -0.15) is 4.57 Å². The predicted molar refractivity (Wildman–Crippen MR) is 95.8 cm³/mol. The Labute approximate surface area is 154 Å². The van der Waals surface area contributed by atoms with Crippen LogP contribution in [0, 0.1) is 0 Å². The lowest BCUT2D eigenvalue weighted by molar-refractivity contribution is -0.663. The lowest BCUT2D eigenvalue weighted by atomic mass is 10.1. The van der Waals surface area contributed by atoms with Crippen molar-refractivity contribution in [2.24, 2.45) is 0 Å². The summed E-state index contributed by atoms with van der Waals surface area (Å²) in [6.07, 6.45) is 0. The molecule has 122 valence electrons. The molecule has 3 nitrogen and oxygen atoms in total. The number of carbonyl (C=O) groups excluding carboxylic acids is 1. The Balaban J connectivity index is 2.06. The van der Waals surface area contributed by atoms with Crippen LogP contribution in [-0.2, 0) is 6.54 Å². The molecule has 0 fully saturated rings. The summed E-state index contributed by atoms with van der Waals surface area (Å²) in [5, 5.41) is 0.954. The number of alkyl halides is 3. The number of halogens is 3. The molecule has 1 aromatic heterocycles. The number of ether oxygens (including phenoxy) is 1. The molecule has 0 radical (unpaired) electrons. The van der Waals surface area contributed by atoms with Crippen molar-refractivity contribution in [2.75, 3.05) is 0 Å². The van der Waals surface area contributed by atoms with Crippen LogP contribution in [-0.4, -0.2) is 9.76 Å². The molecule has 0 atom stereocenters. The number of rotatable bonds is 4. The summed E-state index contributed by atoms with van der Waals surface area (Å²) in [4.78, 5) is 12.6. The number of hydrogen-bond acceptors (Lipinski definition) is 2. The molecule has 0 unspecified atom stereocenters. The second-order valence-corrected chi connectivity index (χ2v) is 7.33. The molecule has 0 aliphatic heterocycles. The number of ketones is 1. The highest BCUT2D eigenvalue weighted by Gasteiger charge is 2.29. The van der Waals surface area contributed by atoms with Crippen molar-refractivity contribution in [3.05, 3.63) is 72.3 Å². The zero-order valence-electron chi connectivity index (χ0n) is 12.5. The SMILES string of the molecule is O=C(C[n+]1c(OC(Cl)(Cl)Cl)ccc2ccccc21)c1ccccc1. The summed E-state index contributed by atoms with van der Waals surface area (Å²) >= 11 is 17.3. The number of carbonyl (C=O) groups is 1. The first kappa shape index (κ1) is 17.0. The van der Waals surface area contributed by atoms with Gasteiger partial charge in [0.15, 0.2) is 0 Å². The molecule has 3 rings (SSSR count). The molecule has 0 amide bonds. The van der Waals surface area contributed by atoms with E-state index in [0.29, 0.717) is 11.4 Å². The number of nitrogens with zero attached hydrogens (tertiary/aromatic N) is 1. The van der Waals surface area contributed by atoms with E-state index in [1.54, 1.807) is 22.8 Å². The average Bonchev–Trinajstić information content (AvgIpc) is 2.56. The van der Waals surface area contributed by atoms with Crippen molar-refractivity contribution in [3.8, 4) is 5.88 Å². The van der Waals surface area contributed by atoms with Gasteiger partial charge in [-0.05, 0) is 46.9 Å². The molecule has 0 saturated heterocycles. The van der Waals surface area contributed by atoms with E-state index >= 15 is 0 Å². The Kier molecular flexibility index (Phi) is 4.95. The monoisotopic (exact) mass is 380 g/mol. The summed E-state index contributed by atoms with van der Waals surface area (Å²) in [6.45, 7) is 0.0709. The minimum absolute atomic E-state index is 0.0638. The van der Waals surface area contributed by atoms with Crippen molar-refractivity contribution in [3.63, 3.8) is 0 Å². The lowest BCUT2D eigenvalue weighted by Gasteiger charge is -2.13. The summed E-state index contributed by atoms with van der Waals surface area (Å²) in [6, 6.07) is 20.2. The fourth-order valence-electron chi connectivity index (χ4n) is 2.47. The first-order valence-electron chi connectivity index (χ1n) is 7.20. The van der Waals surface area contributed by atoms with E-state index in [1.165, 1.54) is 0 Å². The average molecular weight is 382 g/mol. The van der Waals surface area contributed by atoms with Crippen molar-refractivity contribution >= 4 is 51.5 Å². The van der Waals surface area contributed by atoms with Gasteiger partial charge in [-0.15, -0.1) is 0 Å². The smallest absolute Gasteiger partial charge is 0.372 e. The van der Waals surface area contributed by atoms with Gasteiger partial charge >= 0.3 is 9.86 Å². The van der Waals surface area contributed by atoms with Crippen LogP contribution in [0.4, 0.5) is 0 Å². The molecule has 0 bridgehead atoms. The van der Waals surface area contributed by atoms with Crippen molar-refractivity contribution < 1.29 is 14.1 Å². The van der Waals surface area contributed by atoms with Crippen molar-refractivity contribution in [1.82, 2.24) is 0 Å². The highest BCUT2D eigenvalue weighted by molar-refractivity contribution is 6.66. The molecule has 0 spiro atoms. The largest absolute Gasteiger partial charge is 0.393 e. The third kappa shape index (κ3) is 3.99. The van der Waals surface area contributed by atoms with Gasteiger partial charge in [-0.3, -0.25) is 4.79 Å². The van der Waals surface area contributed by atoms with Crippen molar-refractivity contribution in [1.29, 1.82) is 0 Å². The molecular weight excluding hydrogens is 369 g/mol. The van der Waals surface area contributed by atoms with Gasteiger partial charge in [-0.25, -0.2) is 0 Å². The number of aromatic nitrogens is 1. The van der Waals surface area contributed by atoms with Crippen molar-refractivity contribution in [2.45, 2.75) is 10.5 Å². The predicted octanol–water partition coefficient (Wildman–Crippen LogP) is 4.72. The van der Waals surface area contributed by atoms with E-state index in [0.717, 1.165) is 10.9 Å². The van der Waals surface area contributed by atoms with E-state index in [9.17, 15) is 4.79 Å². The fraction of sp³-hybridized carbons (Fsp3) is 0.111.